The van der Waals surface area contributed by atoms with Gasteiger partial charge in [0.05, 0.1) is 11.8 Å². The van der Waals surface area contributed by atoms with Crippen LogP contribution in [0.25, 0.3) is 0 Å². The van der Waals surface area contributed by atoms with Crippen LogP contribution in [0, 0.1) is 11.8 Å². The summed E-state index contributed by atoms with van der Waals surface area (Å²) in [5.74, 6) is -1.63. The lowest BCUT2D eigenvalue weighted by molar-refractivity contribution is -0.139. The molecule has 5 N–H and O–H groups in total. The van der Waals surface area contributed by atoms with E-state index in [4.69, 9.17) is 5.73 Å². The molecule has 0 saturated carbocycles. The van der Waals surface area contributed by atoms with E-state index >= 15 is 0 Å². The number of aliphatic hydroxyl groups excluding tert-OH is 1. The third kappa shape index (κ3) is 5.95. The number of rotatable bonds is 8. The highest BCUT2D eigenvalue weighted by Gasteiger charge is 2.30. The van der Waals surface area contributed by atoms with Gasteiger partial charge in [-0.15, -0.1) is 11.8 Å². The minimum atomic E-state index is -1.44. The molecule has 1 rings (SSSR count). The Morgan fingerprint density at radius 1 is 1.27 bits per heavy atom. The molecule has 1 aromatic carbocycles. The molecule has 0 heterocycles. The second-order valence-corrected chi connectivity index (χ2v) is 6.46. The molecule has 22 heavy (non-hydrogen) atoms. The van der Waals surface area contributed by atoms with Crippen LogP contribution in [0.3, 0.4) is 0 Å². The van der Waals surface area contributed by atoms with Gasteiger partial charge in [-0.3, -0.25) is 9.59 Å². The SMILES string of the molecule is CC(C)C[C@@H](C(N)=O)[C@H](O)C(=O)NCSc1ccc(O)cc1. The molecule has 0 aliphatic heterocycles. The highest BCUT2D eigenvalue weighted by atomic mass is 32.2. The minimum Gasteiger partial charge on any atom is -0.508 e. The molecule has 0 radical (unpaired) electrons. The van der Waals surface area contributed by atoms with Crippen LogP contribution in [0.2, 0.25) is 0 Å². The number of carbonyl (C=O) groups is 2. The van der Waals surface area contributed by atoms with Crippen LogP contribution in [0.5, 0.6) is 5.75 Å². The van der Waals surface area contributed by atoms with Crippen molar-refractivity contribution in [3.8, 4) is 5.75 Å². The molecule has 2 amide bonds. The summed E-state index contributed by atoms with van der Waals surface area (Å²) >= 11 is 1.34. The highest BCUT2D eigenvalue weighted by molar-refractivity contribution is 7.99. The molecule has 0 aliphatic rings. The van der Waals surface area contributed by atoms with Crippen LogP contribution < -0.4 is 11.1 Å². The first-order valence-corrected chi connectivity index (χ1v) is 7.96. The van der Waals surface area contributed by atoms with Gasteiger partial charge in [0, 0.05) is 4.90 Å². The summed E-state index contributed by atoms with van der Waals surface area (Å²) in [5.41, 5.74) is 5.25. The quantitative estimate of drug-likeness (QED) is 0.421. The van der Waals surface area contributed by atoms with Gasteiger partial charge in [0.25, 0.3) is 0 Å². The van der Waals surface area contributed by atoms with E-state index in [-0.39, 0.29) is 17.5 Å². The van der Waals surface area contributed by atoms with Gasteiger partial charge in [-0.05, 0) is 36.6 Å². The maximum Gasteiger partial charge on any atom is 0.250 e. The Balaban J connectivity index is 2.48. The fourth-order valence-electron chi connectivity index (χ4n) is 1.93. The monoisotopic (exact) mass is 326 g/mol. The maximum absolute atomic E-state index is 11.9. The summed E-state index contributed by atoms with van der Waals surface area (Å²) in [6.07, 6.45) is -1.09. The number of nitrogens with one attached hydrogen (secondary N) is 1. The topological polar surface area (TPSA) is 113 Å². The van der Waals surface area contributed by atoms with Crippen molar-refractivity contribution in [2.45, 2.75) is 31.3 Å². The van der Waals surface area contributed by atoms with Crippen LogP contribution in [-0.2, 0) is 9.59 Å². The molecule has 0 aromatic heterocycles. The number of hydrogen-bond acceptors (Lipinski definition) is 5. The van der Waals surface area contributed by atoms with Crippen molar-refractivity contribution < 1.29 is 19.8 Å². The zero-order valence-corrected chi connectivity index (χ0v) is 13.5. The normalized spacial score (nSPS) is 13.6. The van der Waals surface area contributed by atoms with Gasteiger partial charge in [-0.25, -0.2) is 0 Å². The Bertz CT molecular complexity index is 505. The van der Waals surface area contributed by atoms with E-state index in [0.29, 0.717) is 6.42 Å². The molecule has 122 valence electrons. The Kier molecular flexibility index (Phi) is 7.20. The first-order chi connectivity index (χ1) is 10.3. The van der Waals surface area contributed by atoms with Crippen molar-refractivity contribution in [2.24, 2.45) is 17.6 Å². The predicted octanol–water partition coefficient (Wildman–Crippen LogP) is 1.07. The Morgan fingerprint density at radius 2 is 1.86 bits per heavy atom. The summed E-state index contributed by atoms with van der Waals surface area (Å²) in [4.78, 5) is 24.1. The van der Waals surface area contributed by atoms with Crippen molar-refractivity contribution in [1.82, 2.24) is 5.32 Å². The summed E-state index contributed by atoms with van der Waals surface area (Å²) in [5, 5.41) is 21.7. The standard InChI is InChI=1S/C15H22N2O4S/c1-9(2)7-12(14(16)20)13(19)15(21)17-8-22-11-5-3-10(18)4-6-11/h3-6,9,12-13,18-19H,7-8H2,1-2H3,(H2,16,20)(H,17,21)/t12-,13+/m1/s1. The van der Waals surface area contributed by atoms with Gasteiger partial charge < -0.3 is 21.3 Å². The van der Waals surface area contributed by atoms with Crippen LogP contribution in [-0.4, -0.2) is 34.0 Å². The third-order valence-corrected chi connectivity index (χ3v) is 3.96. The number of primary amides is 1. The van der Waals surface area contributed by atoms with Gasteiger partial charge in [0.1, 0.15) is 11.9 Å². The fraction of sp³-hybridized carbons (Fsp3) is 0.467. The highest BCUT2D eigenvalue weighted by Crippen LogP contribution is 2.20. The number of hydrogen-bond donors (Lipinski definition) is 4. The minimum absolute atomic E-state index is 0.145. The lowest BCUT2D eigenvalue weighted by Gasteiger charge is -2.21. The zero-order chi connectivity index (χ0) is 16.7. The molecule has 0 bridgehead atoms. The number of carbonyl (C=O) groups excluding carboxylic acids is 2. The molecule has 0 unspecified atom stereocenters. The number of amides is 2. The zero-order valence-electron chi connectivity index (χ0n) is 12.7. The molecule has 7 heteroatoms. The average molecular weight is 326 g/mol. The Labute approximate surface area is 134 Å². The number of aliphatic hydroxyl groups is 1. The second-order valence-electron chi connectivity index (χ2n) is 5.41. The summed E-state index contributed by atoms with van der Waals surface area (Å²) < 4.78 is 0. The van der Waals surface area contributed by atoms with E-state index < -0.39 is 23.8 Å². The number of thioether (sulfide) groups is 1. The van der Waals surface area contributed by atoms with Gasteiger partial charge in [0.15, 0.2) is 0 Å². The maximum atomic E-state index is 11.9. The van der Waals surface area contributed by atoms with Crippen molar-refractivity contribution >= 4 is 23.6 Å². The van der Waals surface area contributed by atoms with Crippen molar-refractivity contribution in [2.75, 3.05) is 5.88 Å². The van der Waals surface area contributed by atoms with Crippen LogP contribution in [0.1, 0.15) is 20.3 Å². The molecule has 2 atom stereocenters. The first kappa shape index (κ1) is 18.3. The fourth-order valence-corrected chi connectivity index (χ4v) is 2.64. The van der Waals surface area contributed by atoms with Crippen LogP contribution in [0.15, 0.2) is 29.2 Å². The molecule has 0 aliphatic carbocycles. The molecule has 0 saturated heterocycles. The molecule has 1 aromatic rings. The number of phenols is 1. The Hall–Kier alpha value is -1.73. The predicted molar refractivity (Wildman–Crippen MR) is 85.1 cm³/mol. The van der Waals surface area contributed by atoms with Gasteiger partial charge >= 0.3 is 0 Å². The van der Waals surface area contributed by atoms with Gasteiger partial charge in [-0.2, -0.15) is 0 Å². The number of nitrogens with two attached hydrogens (primary N) is 1. The number of benzene rings is 1. The van der Waals surface area contributed by atoms with Crippen LogP contribution in [0.4, 0.5) is 0 Å². The van der Waals surface area contributed by atoms with E-state index in [1.54, 1.807) is 24.3 Å². The number of aromatic hydroxyl groups is 1. The smallest absolute Gasteiger partial charge is 0.250 e. The summed E-state index contributed by atoms with van der Waals surface area (Å²) in [6, 6.07) is 6.52. The molecule has 0 spiro atoms. The van der Waals surface area contributed by atoms with E-state index in [0.717, 1.165) is 4.90 Å². The van der Waals surface area contributed by atoms with Gasteiger partial charge in [0.2, 0.25) is 11.8 Å². The van der Waals surface area contributed by atoms with Crippen molar-refractivity contribution in [3.05, 3.63) is 24.3 Å². The molecule has 6 nitrogen and oxygen atoms in total. The lowest BCUT2D eigenvalue weighted by atomic mass is 9.91. The van der Waals surface area contributed by atoms with Gasteiger partial charge in [-0.1, -0.05) is 13.8 Å². The average Bonchev–Trinajstić information content (AvgIpc) is 2.45. The van der Waals surface area contributed by atoms with Crippen LogP contribution >= 0.6 is 11.8 Å². The van der Waals surface area contributed by atoms with Crippen molar-refractivity contribution in [3.63, 3.8) is 0 Å². The molecular formula is C15H22N2O4S. The molecular weight excluding hydrogens is 304 g/mol. The Morgan fingerprint density at radius 3 is 2.36 bits per heavy atom. The van der Waals surface area contributed by atoms with Crippen molar-refractivity contribution in [1.29, 1.82) is 0 Å². The van der Waals surface area contributed by atoms with E-state index in [1.807, 2.05) is 13.8 Å². The largest absolute Gasteiger partial charge is 0.508 e. The summed E-state index contributed by atoms with van der Waals surface area (Å²) in [6.45, 7) is 3.78. The number of phenolic OH excluding ortho intramolecular Hbond substituents is 1. The van der Waals surface area contributed by atoms with E-state index in [2.05, 4.69) is 5.32 Å². The second kappa shape index (κ2) is 8.65. The van der Waals surface area contributed by atoms with E-state index in [1.165, 1.54) is 11.8 Å². The summed E-state index contributed by atoms with van der Waals surface area (Å²) in [7, 11) is 0. The first-order valence-electron chi connectivity index (χ1n) is 6.98. The third-order valence-electron chi connectivity index (χ3n) is 3.06. The van der Waals surface area contributed by atoms with E-state index in [9.17, 15) is 19.8 Å². The molecule has 0 fully saturated rings. The lowest BCUT2D eigenvalue weighted by Crippen LogP contribution is -2.44.